The van der Waals surface area contributed by atoms with Crippen molar-refractivity contribution in [1.82, 2.24) is 5.32 Å². The van der Waals surface area contributed by atoms with Gasteiger partial charge in [-0.1, -0.05) is 43.4 Å². The summed E-state index contributed by atoms with van der Waals surface area (Å²) in [5.74, 6) is 0.578. The van der Waals surface area contributed by atoms with Crippen LogP contribution in [-0.4, -0.2) is 22.8 Å². The second kappa shape index (κ2) is 7.74. The minimum Gasteiger partial charge on any atom is -0.304 e. The molecule has 0 aliphatic carbocycles. The lowest BCUT2D eigenvalue weighted by Crippen LogP contribution is -2.40. The van der Waals surface area contributed by atoms with E-state index in [1.54, 1.807) is 0 Å². The van der Waals surface area contributed by atoms with Crippen LogP contribution in [0.25, 0.3) is 0 Å². The SMILES string of the molecule is CC[C@H](CI)N[C@H](C=O)CC(C)C. The van der Waals surface area contributed by atoms with Crippen LogP contribution in [0.1, 0.15) is 33.6 Å². The van der Waals surface area contributed by atoms with Crippen LogP contribution in [0, 0.1) is 5.92 Å². The summed E-state index contributed by atoms with van der Waals surface area (Å²) in [6.45, 7) is 6.43. The molecule has 0 saturated heterocycles. The van der Waals surface area contributed by atoms with Crippen LogP contribution in [-0.2, 0) is 4.79 Å². The third kappa shape index (κ3) is 6.43. The number of aldehydes is 1. The molecule has 2 atom stereocenters. The van der Waals surface area contributed by atoms with Crippen LogP contribution >= 0.6 is 22.6 Å². The van der Waals surface area contributed by atoms with Gasteiger partial charge in [0, 0.05) is 10.5 Å². The van der Waals surface area contributed by atoms with E-state index in [0.29, 0.717) is 12.0 Å². The van der Waals surface area contributed by atoms with Gasteiger partial charge in [-0.2, -0.15) is 0 Å². The molecule has 3 heteroatoms. The summed E-state index contributed by atoms with van der Waals surface area (Å²) < 4.78 is 1.07. The van der Waals surface area contributed by atoms with Crippen molar-refractivity contribution in [2.45, 2.75) is 45.7 Å². The topological polar surface area (TPSA) is 29.1 Å². The number of hydrogen-bond donors (Lipinski definition) is 1. The van der Waals surface area contributed by atoms with Gasteiger partial charge < -0.3 is 10.1 Å². The van der Waals surface area contributed by atoms with Crippen LogP contribution in [0.15, 0.2) is 0 Å². The fourth-order valence-corrected chi connectivity index (χ4v) is 2.12. The van der Waals surface area contributed by atoms with E-state index in [0.717, 1.165) is 23.6 Å². The molecule has 0 aromatic rings. The number of halogens is 1. The minimum absolute atomic E-state index is 0.0414. The van der Waals surface area contributed by atoms with Gasteiger partial charge in [0.2, 0.25) is 0 Å². The molecule has 0 radical (unpaired) electrons. The molecule has 0 bridgehead atoms. The normalized spacial score (nSPS) is 15.8. The van der Waals surface area contributed by atoms with Crippen LogP contribution in [0.4, 0.5) is 0 Å². The van der Waals surface area contributed by atoms with Crippen molar-refractivity contribution in [3.8, 4) is 0 Å². The quantitative estimate of drug-likeness (QED) is 0.444. The Balaban J connectivity index is 3.87. The molecule has 78 valence electrons. The lowest BCUT2D eigenvalue weighted by atomic mass is 10.0. The van der Waals surface area contributed by atoms with Crippen LogP contribution in [0.3, 0.4) is 0 Å². The highest BCUT2D eigenvalue weighted by Gasteiger charge is 2.13. The number of alkyl halides is 1. The van der Waals surface area contributed by atoms with E-state index >= 15 is 0 Å². The van der Waals surface area contributed by atoms with Crippen molar-refractivity contribution in [3.63, 3.8) is 0 Å². The highest BCUT2D eigenvalue weighted by atomic mass is 127. The van der Waals surface area contributed by atoms with E-state index in [1.165, 1.54) is 0 Å². The number of hydrogen-bond acceptors (Lipinski definition) is 2. The first-order valence-electron chi connectivity index (χ1n) is 4.91. The maximum Gasteiger partial charge on any atom is 0.136 e. The lowest BCUT2D eigenvalue weighted by molar-refractivity contribution is -0.110. The van der Waals surface area contributed by atoms with Crippen molar-refractivity contribution < 1.29 is 4.79 Å². The summed E-state index contributed by atoms with van der Waals surface area (Å²) in [6.07, 6.45) is 3.07. The predicted octanol–water partition coefficient (Wildman–Crippen LogP) is 2.40. The summed E-state index contributed by atoms with van der Waals surface area (Å²) in [7, 11) is 0. The first-order chi connectivity index (χ1) is 6.13. The first kappa shape index (κ1) is 13.4. The summed E-state index contributed by atoms with van der Waals surface area (Å²) in [5, 5.41) is 3.36. The third-order valence-corrected chi connectivity index (χ3v) is 3.08. The van der Waals surface area contributed by atoms with Gasteiger partial charge in [-0.3, -0.25) is 0 Å². The van der Waals surface area contributed by atoms with Gasteiger partial charge >= 0.3 is 0 Å². The average molecular weight is 297 g/mol. The third-order valence-electron chi connectivity index (χ3n) is 2.02. The Hall–Kier alpha value is 0.360. The second-order valence-corrected chi connectivity index (χ2v) is 4.68. The number of carbonyl (C=O) groups is 1. The van der Waals surface area contributed by atoms with Crippen LogP contribution in [0.2, 0.25) is 0 Å². The van der Waals surface area contributed by atoms with Gasteiger partial charge in [-0.25, -0.2) is 0 Å². The van der Waals surface area contributed by atoms with E-state index in [-0.39, 0.29) is 6.04 Å². The van der Waals surface area contributed by atoms with Gasteiger partial charge in [-0.05, 0) is 18.8 Å². The van der Waals surface area contributed by atoms with E-state index in [9.17, 15) is 4.79 Å². The molecule has 0 unspecified atom stereocenters. The van der Waals surface area contributed by atoms with Crippen molar-refractivity contribution in [2.75, 3.05) is 4.43 Å². The predicted molar refractivity (Wildman–Crippen MR) is 65.4 cm³/mol. The van der Waals surface area contributed by atoms with Gasteiger partial charge in [0.05, 0.1) is 6.04 Å². The zero-order valence-electron chi connectivity index (χ0n) is 8.72. The first-order valence-corrected chi connectivity index (χ1v) is 6.43. The maximum atomic E-state index is 10.7. The molecular formula is C10H20INO. The van der Waals surface area contributed by atoms with Crippen molar-refractivity contribution in [1.29, 1.82) is 0 Å². The van der Waals surface area contributed by atoms with Crippen molar-refractivity contribution >= 4 is 28.9 Å². The summed E-state index contributed by atoms with van der Waals surface area (Å²) >= 11 is 2.35. The summed E-state index contributed by atoms with van der Waals surface area (Å²) in [6, 6.07) is 0.522. The lowest BCUT2D eigenvalue weighted by Gasteiger charge is -2.20. The summed E-state index contributed by atoms with van der Waals surface area (Å²) in [5.41, 5.74) is 0. The Morgan fingerprint density at radius 1 is 1.46 bits per heavy atom. The van der Waals surface area contributed by atoms with Gasteiger partial charge in [0.1, 0.15) is 6.29 Å². The molecule has 0 aromatic carbocycles. The standard InChI is InChI=1S/C10H20INO/c1-4-9(6-11)12-10(7-13)5-8(2)3/h7-10,12H,4-6H2,1-3H3/t9-,10+/m1/s1. The van der Waals surface area contributed by atoms with Gasteiger partial charge in [0.25, 0.3) is 0 Å². The average Bonchev–Trinajstić information content (AvgIpc) is 2.11. The Morgan fingerprint density at radius 3 is 2.38 bits per heavy atom. The highest BCUT2D eigenvalue weighted by molar-refractivity contribution is 14.1. The smallest absolute Gasteiger partial charge is 0.136 e. The molecule has 0 fully saturated rings. The van der Waals surface area contributed by atoms with Crippen molar-refractivity contribution in [2.24, 2.45) is 5.92 Å². The van der Waals surface area contributed by atoms with E-state index in [1.807, 2.05) is 0 Å². The molecule has 0 amide bonds. The zero-order chi connectivity index (χ0) is 10.3. The molecule has 0 aliphatic heterocycles. The van der Waals surface area contributed by atoms with Crippen LogP contribution in [0.5, 0.6) is 0 Å². The Bertz CT molecular complexity index is 135. The monoisotopic (exact) mass is 297 g/mol. The van der Waals surface area contributed by atoms with Crippen molar-refractivity contribution in [3.05, 3.63) is 0 Å². The second-order valence-electron chi connectivity index (χ2n) is 3.80. The largest absolute Gasteiger partial charge is 0.304 e. The summed E-state index contributed by atoms with van der Waals surface area (Å²) in [4.78, 5) is 10.7. The molecule has 0 rings (SSSR count). The highest BCUT2D eigenvalue weighted by Crippen LogP contribution is 2.05. The van der Waals surface area contributed by atoms with Crippen LogP contribution < -0.4 is 5.32 Å². The number of carbonyl (C=O) groups excluding carboxylic acids is 1. The molecule has 13 heavy (non-hydrogen) atoms. The molecule has 1 N–H and O–H groups in total. The zero-order valence-corrected chi connectivity index (χ0v) is 10.9. The molecule has 2 nitrogen and oxygen atoms in total. The minimum atomic E-state index is 0.0414. The fourth-order valence-electron chi connectivity index (χ4n) is 1.25. The number of nitrogens with one attached hydrogen (secondary N) is 1. The number of rotatable bonds is 7. The molecule has 0 aliphatic rings. The van der Waals surface area contributed by atoms with Gasteiger partial charge in [0.15, 0.2) is 0 Å². The molecule has 0 heterocycles. The van der Waals surface area contributed by atoms with Gasteiger partial charge in [-0.15, -0.1) is 0 Å². The molecular weight excluding hydrogens is 277 g/mol. The molecule has 0 aromatic heterocycles. The van der Waals surface area contributed by atoms with E-state index < -0.39 is 0 Å². The fraction of sp³-hybridized carbons (Fsp3) is 0.900. The molecule has 0 spiro atoms. The Labute approximate surface area is 95.0 Å². The molecule has 0 saturated carbocycles. The Kier molecular flexibility index (Phi) is 7.95. The van der Waals surface area contributed by atoms with E-state index in [4.69, 9.17) is 0 Å². The van der Waals surface area contributed by atoms with E-state index in [2.05, 4.69) is 48.7 Å². The maximum absolute atomic E-state index is 10.7. The Morgan fingerprint density at radius 2 is 2.08 bits per heavy atom.